The van der Waals surface area contributed by atoms with Crippen molar-refractivity contribution in [1.29, 1.82) is 0 Å². The summed E-state index contributed by atoms with van der Waals surface area (Å²) in [5.74, 6) is -2.40. The number of methoxy groups -OCH3 is 2. The number of likely N-dealkylation sites (tertiary alicyclic amines) is 2. The summed E-state index contributed by atoms with van der Waals surface area (Å²) >= 11 is 0. The Hall–Kier alpha value is -2.87. The number of sulfonamides is 1. The fourth-order valence-corrected chi connectivity index (χ4v) is 9.51. The van der Waals surface area contributed by atoms with Gasteiger partial charge < -0.3 is 19.3 Å². The molecular weight excluding hydrogens is 709 g/mol. The number of ketones is 1. The standard InChI is InChI=1S/C41H68N4O8S/c1-12-29(7)38(43(9)41(49)32(26(2)3)24-35(46)33-16-13-14-22-44(33)27(4)5)36(52-10)25-37(47)45-23-15-17-34(45)39(53-11)30(8)40(48)42-54(50,51)31-20-18-28(6)19-21-31/h18-21,26-27,29-30,32-34,36,38-39H,12-17,22-25H2,1-11H3,(H,42,48)/t29-,30+,32-,33+,34-,36+,38-,39+/m0/s1. The molecule has 13 heteroatoms. The molecule has 2 saturated heterocycles. The summed E-state index contributed by atoms with van der Waals surface area (Å²) in [6.45, 7) is 17.1. The van der Waals surface area contributed by atoms with Crippen molar-refractivity contribution in [1.82, 2.24) is 19.4 Å². The summed E-state index contributed by atoms with van der Waals surface area (Å²) in [5, 5.41) is 0. The Labute approximate surface area is 325 Å². The maximum Gasteiger partial charge on any atom is 0.264 e. The number of aryl methyl sites for hydroxylation is 1. The lowest BCUT2D eigenvalue weighted by Gasteiger charge is -2.41. The molecular formula is C41H68N4O8S. The van der Waals surface area contributed by atoms with Crippen molar-refractivity contribution in [3.8, 4) is 0 Å². The molecule has 2 aliphatic heterocycles. The van der Waals surface area contributed by atoms with Crippen molar-refractivity contribution in [3.63, 3.8) is 0 Å². The average Bonchev–Trinajstić information content (AvgIpc) is 3.62. The number of piperidine rings is 1. The molecule has 0 unspecified atom stereocenters. The van der Waals surface area contributed by atoms with Crippen molar-refractivity contribution >= 4 is 33.5 Å². The average molecular weight is 777 g/mol. The van der Waals surface area contributed by atoms with Crippen LogP contribution >= 0.6 is 0 Å². The van der Waals surface area contributed by atoms with Gasteiger partial charge in [0.25, 0.3) is 10.0 Å². The lowest BCUT2D eigenvalue weighted by molar-refractivity contribution is -0.149. The molecule has 0 aliphatic carbocycles. The molecule has 1 N–H and O–H groups in total. The number of amides is 3. The van der Waals surface area contributed by atoms with Gasteiger partial charge in [-0.3, -0.25) is 24.1 Å². The number of carbonyl (C=O) groups is 4. The third-order valence-electron chi connectivity index (χ3n) is 11.9. The van der Waals surface area contributed by atoms with Crippen LogP contribution in [0.15, 0.2) is 29.2 Å². The van der Waals surface area contributed by atoms with Crippen molar-refractivity contribution in [3.05, 3.63) is 29.8 Å². The Morgan fingerprint density at radius 1 is 0.907 bits per heavy atom. The molecule has 2 fully saturated rings. The number of ether oxygens (including phenoxy) is 2. The molecule has 0 bridgehead atoms. The Kier molecular flexibility index (Phi) is 17.1. The highest BCUT2D eigenvalue weighted by Crippen LogP contribution is 2.31. The fraction of sp³-hybridized carbons (Fsp3) is 0.756. The van der Waals surface area contributed by atoms with E-state index in [2.05, 4.69) is 23.5 Å². The van der Waals surface area contributed by atoms with Crippen LogP contribution in [0.4, 0.5) is 0 Å². The number of Topliss-reactive ketones (excluding diaryl/α,β-unsaturated/α-hetero) is 1. The summed E-state index contributed by atoms with van der Waals surface area (Å²) in [4.78, 5) is 61.4. The number of nitrogens with one attached hydrogen (secondary N) is 1. The first-order chi connectivity index (χ1) is 25.4. The van der Waals surface area contributed by atoms with Crippen LogP contribution in [0, 0.1) is 30.6 Å². The number of hydrogen-bond acceptors (Lipinski definition) is 9. The van der Waals surface area contributed by atoms with E-state index in [4.69, 9.17) is 9.47 Å². The molecule has 0 saturated carbocycles. The predicted molar refractivity (Wildman–Crippen MR) is 210 cm³/mol. The lowest BCUT2D eigenvalue weighted by Crippen LogP contribution is -2.54. The highest BCUT2D eigenvalue weighted by Gasteiger charge is 2.43. The van der Waals surface area contributed by atoms with Gasteiger partial charge in [0.05, 0.1) is 47.6 Å². The van der Waals surface area contributed by atoms with Crippen LogP contribution < -0.4 is 4.72 Å². The highest BCUT2D eigenvalue weighted by molar-refractivity contribution is 7.90. The number of benzene rings is 1. The van der Waals surface area contributed by atoms with E-state index < -0.39 is 52.1 Å². The van der Waals surface area contributed by atoms with Crippen LogP contribution in [0.25, 0.3) is 0 Å². The van der Waals surface area contributed by atoms with Crippen LogP contribution in [-0.4, -0.2) is 117 Å². The molecule has 12 nitrogen and oxygen atoms in total. The van der Waals surface area contributed by atoms with E-state index in [0.29, 0.717) is 19.4 Å². The SMILES string of the molecule is CC[C@H](C)[C@@H]([C@@H](CC(=O)N1CCC[C@H]1[C@H](OC)[C@@H](C)C(=O)NS(=O)(=O)c1ccc(C)cc1)OC)N(C)C(=O)[C@@H](CC(=O)[C@H]1CCCCN1C(C)C)C(C)C. The molecule has 306 valence electrons. The number of hydrogen-bond donors (Lipinski definition) is 1. The molecule has 54 heavy (non-hydrogen) atoms. The van der Waals surface area contributed by atoms with Crippen LogP contribution in [0.2, 0.25) is 0 Å². The summed E-state index contributed by atoms with van der Waals surface area (Å²) in [7, 11) is 0.677. The summed E-state index contributed by atoms with van der Waals surface area (Å²) in [5.41, 5.74) is 0.892. The van der Waals surface area contributed by atoms with Gasteiger partial charge in [0.2, 0.25) is 17.7 Å². The first kappa shape index (κ1) is 45.5. The second kappa shape index (κ2) is 20.3. The molecule has 3 amide bonds. The summed E-state index contributed by atoms with van der Waals surface area (Å²) < 4.78 is 40.1. The third kappa shape index (κ3) is 11.1. The smallest absolute Gasteiger partial charge is 0.264 e. The van der Waals surface area contributed by atoms with Crippen molar-refractivity contribution in [2.75, 3.05) is 34.4 Å². The topological polar surface area (TPSA) is 143 Å². The minimum atomic E-state index is -4.11. The molecule has 2 aliphatic rings. The van der Waals surface area contributed by atoms with E-state index in [-0.39, 0.29) is 59.3 Å². The van der Waals surface area contributed by atoms with E-state index >= 15 is 0 Å². The zero-order valence-corrected chi connectivity index (χ0v) is 35.5. The maximum absolute atomic E-state index is 14.4. The number of carbonyl (C=O) groups excluding carboxylic acids is 4. The fourth-order valence-electron chi connectivity index (χ4n) is 8.45. The Morgan fingerprint density at radius 2 is 1.56 bits per heavy atom. The summed E-state index contributed by atoms with van der Waals surface area (Å²) in [6.07, 6.45) is 3.66. The van der Waals surface area contributed by atoms with Gasteiger partial charge in [-0.25, -0.2) is 13.1 Å². The van der Waals surface area contributed by atoms with Crippen LogP contribution in [0.1, 0.15) is 105 Å². The predicted octanol–water partition coefficient (Wildman–Crippen LogP) is 5.21. The Morgan fingerprint density at radius 3 is 2.11 bits per heavy atom. The monoisotopic (exact) mass is 776 g/mol. The maximum atomic E-state index is 14.4. The number of rotatable bonds is 19. The Bertz CT molecular complexity index is 1520. The highest BCUT2D eigenvalue weighted by atomic mass is 32.2. The van der Waals surface area contributed by atoms with Gasteiger partial charge in [0.15, 0.2) is 5.78 Å². The molecule has 1 aromatic rings. The van der Waals surface area contributed by atoms with Crippen LogP contribution in [-0.2, 0) is 38.7 Å². The van der Waals surface area contributed by atoms with E-state index in [1.54, 1.807) is 43.0 Å². The van der Waals surface area contributed by atoms with E-state index in [1.807, 2.05) is 34.6 Å². The van der Waals surface area contributed by atoms with Gasteiger partial charge >= 0.3 is 0 Å². The van der Waals surface area contributed by atoms with Crippen molar-refractivity contribution in [2.45, 2.75) is 148 Å². The van der Waals surface area contributed by atoms with Gasteiger partial charge in [0.1, 0.15) is 0 Å². The number of nitrogens with zero attached hydrogens (tertiary/aromatic N) is 3. The van der Waals surface area contributed by atoms with E-state index in [1.165, 1.54) is 19.2 Å². The van der Waals surface area contributed by atoms with Gasteiger partial charge in [0, 0.05) is 46.2 Å². The molecule has 0 spiro atoms. The van der Waals surface area contributed by atoms with E-state index in [0.717, 1.165) is 37.8 Å². The number of likely N-dealkylation sites (N-methyl/N-ethyl adjacent to an activating group) is 1. The van der Waals surface area contributed by atoms with Gasteiger partial charge in [-0.1, -0.05) is 65.2 Å². The van der Waals surface area contributed by atoms with Gasteiger partial charge in [-0.15, -0.1) is 0 Å². The second-order valence-corrected chi connectivity index (χ2v) is 17.9. The zero-order valence-electron chi connectivity index (χ0n) is 34.7. The van der Waals surface area contributed by atoms with E-state index in [9.17, 15) is 27.6 Å². The first-order valence-electron chi connectivity index (χ1n) is 19.9. The van der Waals surface area contributed by atoms with Gasteiger partial charge in [-0.2, -0.15) is 0 Å². The lowest BCUT2D eigenvalue weighted by atomic mass is 9.83. The molecule has 3 rings (SSSR count). The normalized spacial score (nSPS) is 21.7. The first-order valence-corrected chi connectivity index (χ1v) is 21.4. The minimum absolute atomic E-state index is 0.00482. The zero-order chi connectivity index (χ0) is 40.5. The third-order valence-corrected chi connectivity index (χ3v) is 13.3. The molecule has 8 atom stereocenters. The quantitative estimate of drug-likeness (QED) is 0.200. The molecule has 2 heterocycles. The molecule has 0 radical (unpaired) electrons. The Balaban J connectivity index is 1.78. The van der Waals surface area contributed by atoms with Crippen LogP contribution in [0.5, 0.6) is 0 Å². The second-order valence-electron chi connectivity index (χ2n) is 16.2. The molecule has 1 aromatic carbocycles. The van der Waals surface area contributed by atoms with Crippen molar-refractivity contribution in [2.24, 2.45) is 23.7 Å². The molecule has 0 aromatic heterocycles. The van der Waals surface area contributed by atoms with Gasteiger partial charge in [-0.05, 0) is 77.0 Å². The van der Waals surface area contributed by atoms with Crippen LogP contribution in [0.3, 0.4) is 0 Å². The summed E-state index contributed by atoms with van der Waals surface area (Å²) in [6, 6.07) is 5.39. The largest absolute Gasteiger partial charge is 0.379 e. The van der Waals surface area contributed by atoms with Crippen molar-refractivity contribution < 1.29 is 37.1 Å². The minimum Gasteiger partial charge on any atom is -0.379 e.